The van der Waals surface area contributed by atoms with Crippen LogP contribution in [0.2, 0.25) is 0 Å². The number of amides is 1. The lowest BCUT2D eigenvalue weighted by Gasteiger charge is -2.15. The van der Waals surface area contributed by atoms with Crippen molar-refractivity contribution in [2.75, 3.05) is 25.5 Å². The molecule has 0 unspecified atom stereocenters. The van der Waals surface area contributed by atoms with Gasteiger partial charge in [0.25, 0.3) is 12.3 Å². The number of anilines is 1. The molecule has 1 amide bonds. The number of rotatable bonds is 7. The van der Waals surface area contributed by atoms with Crippen molar-refractivity contribution in [2.45, 2.75) is 23.8 Å². The van der Waals surface area contributed by atoms with Crippen molar-refractivity contribution in [1.29, 1.82) is 0 Å². The number of carbonyl (C=O) groups excluding carboxylic acids is 1. The van der Waals surface area contributed by atoms with Crippen molar-refractivity contribution in [3.05, 3.63) is 53.3 Å². The molecule has 0 aromatic heterocycles. The Morgan fingerprint density at radius 1 is 1.23 bits per heavy atom. The number of hydrogen-bond donors (Lipinski definition) is 3. The van der Waals surface area contributed by atoms with E-state index in [1.54, 1.807) is 0 Å². The van der Waals surface area contributed by atoms with Gasteiger partial charge in [0.2, 0.25) is 10.0 Å². The molecule has 3 rings (SSSR count). The van der Waals surface area contributed by atoms with E-state index in [4.69, 9.17) is 4.74 Å². The minimum atomic E-state index is -3.90. The van der Waals surface area contributed by atoms with E-state index in [9.17, 15) is 26.4 Å². The fourth-order valence-corrected chi connectivity index (χ4v) is 4.36. The molecule has 30 heavy (non-hydrogen) atoms. The third-order valence-electron chi connectivity index (χ3n) is 4.60. The number of nitrogens with one attached hydrogen (secondary N) is 3. The Morgan fingerprint density at radius 2 is 2.00 bits per heavy atom. The highest BCUT2D eigenvalue weighted by Crippen LogP contribution is 2.27. The lowest BCUT2D eigenvalue weighted by Crippen LogP contribution is -2.36. The second-order valence-corrected chi connectivity index (χ2v) is 8.38. The number of hydrogen-bond acceptors (Lipinski definition) is 5. The third-order valence-corrected chi connectivity index (χ3v) is 6.12. The second-order valence-electron chi connectivity index (χ2n) is 6.66. The number of methoxy groups -OCH3 is 1. The summed E-state index contributed by atoms with van der Waals surface area (Å²) in [6.45, 7) is 1.20. The predicted molar refractivity (Wildman–Crippen MR) is 104 cm³/mol. The molecule has 2 aromatic rings. The molecule has 7 nitrogen and oxygen atoms in total. The first-order valence-electron chi connectivity index (χ1n) is 9.01. The average molecular weight is 443 g/mol. The van der Waals surface area contributed by atoms with Crippen LogP contribution in [0, 0.1) is 5.82 Å². The van der Waals surface area contributed by atoms with Gasteiger partial charge in [-0.05, 0) is 49.4 Å². The van der Waals surface area contributed by atoms with E-state index in [2.05, 4.69) is 15.4 Å². The second kappa shape index (κ2) is 9.02. The molecule has 1 aliphatic rings. The van der Waals surface area contributed by atoms with Crippen molar-refractivity contribution in [2.24, 2.45) is 0 Å². The van der Waals surface area contributed by atoms with Gasteiger partial charge in [-0.3, -0.25) is 4.79 Å². The monoisotopic (exact) mass is 443 g/mol. The summed E-state index contributed by atoms with van der Waals surface area (Å²) in [5.74, 6) is -1.80. The van der Waals surface area contributed by atoms with Crippen molar-refractivity contribution >= 4 is 21.6 Å². The molecule has 1 heterocycles. The molecule has 11 heteroatoms. The van der Waals surface area contributed by atoms with Crippen molar-refractivity contribution in [3.8, 4) is 5.75 Å². The Bertz CT molecular complexity index is 1040. The SMILES string of the molecule is COc1ccc(S(=O)(=O)N[C@@H]2CCNC2)cc1C(=O)Nc1ccc(F)c(C(F)F)c1. The average Bonchev–Trinajstić information content (AvgIpc) is 3.20. The van der Waals surface area contributed by atoms with Gasteiger partial charge in [0, 0.05) is 18.3 Å². The number of benzene rings is 2. The summed E-state index contributed by atoms with van der Waals surface area (Å²) in [7, 11) is -2.59. The van der Waals surface area contributed by atoms with Crippen LogP contribution in [0.25, 0.3) is 0 Å². The Morgan fingerprint density at radius 3 is 2.63 bits per heavy atom. The third kappa shape index (κ3) is 4.91. The van der Waals surface area contributed by atoms with Crippen LogP contribution in [0.3, 0.4) is 0 Å². The smallest absolute Gasteiger partial charge is 0.266 e. The maximum Gasteiger partial charge on any atom is 0.266 e. The molecular formula is C19H20F3N3O4S. The first-order chi connectivity index (χ1) is 14.2. The Hall–Kier alpha value is -2.63. The summed E-state index contributed by atoms with van der Waals surface area (Å²) in [5, 5.41) is 5.41. The number of carbonyl (C=O) groups is 1. The molecule has 2 aromatic carbocycles. The van der Waals surface area contributed by atoms with E-state index < -0.39 is 33.7 Å². The van der Waals surface area contributed by atoms with Gasteiger partial charge in [0.15, 0.2) is 0 Å². The first-order valence-corrected chi connectivity index (χ1v) is 10.5. The highest BCUT2D eigenvalue weighted by atomic mass is 32.2. The molecule has 0 bridgehead atoms. The summed E-state index contributed by atoms with van der Waals surface area (Å²) < 4.78 is 72.2. The van der Waals surface area contributed by atoms with Crippen LogP contribution in [0.4, 0.5) is 18.9 Å². The van der Waals surface area contributed by atoms with E-state index in [1.807, 2.05) is 0 Å². The summed E-state index contributed by atoms with van der Waals surface area (Å²) >= 11 is 0. The minimum Gasteiger partial charge on any atom is -0.496 e. The number of halogens is 3. The first kappa shape index (κ1) is 22.1. The molecule has 1 saturated heterocycles. The maximum atomic E-state index is 13.5. The zero-order valence-electron chi connectivity index (χ0n) is 15.9. The van der Waals surface area contributed by atoms with Crippen molar-refractivity contribution in [1.82, 2.24) is 10.0 Å². The summed E-state index contributed by atoms with van der Waals surface area (Å²) in [4.78, 5) is 12.5. The number of alkyl halides is 2. The molecular weight excluding hydrogens is 423 g/mol. The summed E-state index contributed by atoms with van der Waals surface area (Å²) in [6.07, 6.45) is -2.42. The zero-order valence-corrected chi connectivity index (χ0v) is 16.7. The normalized spacial score (nSPS) is 16.6. The fraction of sp³-hybridized carbons (Fsp3) is 0.316. The molecule has 0 spiro atoms. The van der Waals surface area contributed by atoms with E-state index in [1.165, 1.54) is 19.2 Å². The lowest BCUT2D eigenvalue weighted by atomic mass is 10.1. The van der Waals surface area contributed by atoms with Gasteiger partial charge in [-0.1, -0.05) is 0 Å². The van der Waals surface area contributed by atoms with E-state index >= 15 is 0 Å². The minimum absolute atomic E-state index is 0.0674. The van der Waals surface area contributed by atoms with E-state index in [-0.39, 0.29) is 27.9 Å². The van der Waals surface area contributed by atoms with Gasteiger partial charge in [0.1, 0.15) is 11.6 Å². The largest absolute Gasteiger partial charge is 0.496 e. The Labute approximate surface area is 171 Å². The van der Waals surface area contributed by atoms with Crippen LogP contribution in [0.5, 0.6) is 5.75 Å². The number of ether oxygens (including phenoxy) is 1. The van der Waals surface area contributed by atoms with Crippen LogP contribution in [-0.4, -0.2) is 40.6 Å². The molecule has 162 valence electrons. The molecule has 1 atom stereocenters. The zero-order chi connectivity index (χ0) is 21.9. The Balaban J connectivity index is 1.88. The fourth-order valence-electron chi connectivity index (χ4n) is 3.06. The molecule has 1 fully saturated rings. The standard InChI is InChI=1S/C19H20F3N3O4S/c1-29-17-5-3-13(30(27,28)25-12-6-7-23-10-12)9-15(17)19(26)24-11-2-4-16(20)14(8-11)18(21)22/h2-5,8-9,12,18,23,25H,6-7,10H2,1H3,(H,24,26)/t12-/m1/s1. The van der Waals surface area contributed by atoms with Crippen molar-refractivity contribution in [3.63, 3.8) is 0 Å². The topological polar surface area (TPSA) is 96.5 Å². The van der Waals surface area contributed by atoms with Gasteiger partial charge in [-0.15, -0.1) is 0 Å². The van der Waals surface area contributed by atoms with Crippen LogP contribution < -0.4 is 20.1 Å². The maximum absolute atomic E-state index is 13.5. The van der Waals surface area contributed by atoms with E-state index in [0.717, 1.165) is 24.3 Å². The molecule has 3 N–H and O–H groups in total. The quantitative estimate of drug-likeness (QED) is 0.612. The number of sulfonamides is 1. The lowest BCUT2D eigenvalue weighted by molar-refractivity contribution is 0.102. The van der Waals surface area contributed by atoms with Gasteiger partial charge >= 0.3 is 0 Å². The van der Waals surface area contributed by atoms with Gasteiger partial charge in [-0.25, -0.2) is 26.3 Å². The van der Waals surface area contributed by atoms with Gasteiger partial charge < -0.3 is 15.4 Å². The molecule has 1 aliphatic heterocycles. The van der Waals surface area contributed by atoms with Crippen LogP contribution in [-0.2, 0) is 10.0 Å². The highest BCUT2D eigenvalue weighted by molar-refractivity contribution is 7.89. The molecule has 0 radical (unpaired) electrons. The van der Waals surface area contributed by atoms with Crippen LogP contribution in [0.15, 0.2) is 41.3 Å². The van der Waals surface area contributed by atoms with Crippen LogP contribution >= 0.6 is 0 Å². The van der Waals surface area contributed by atoms with E-state index in [0.29, 0.717) is 19.5 Å². The molecule has 0 saturated carbocycles. The summed E-state index contributed by atoms with van der Waals surface area (Å²) in [5.41, 5.74) is -1.04. The molecule has 0 aliphatic carbocycles. The van der Waals surface area contributed by atoms with Crippen molar-refractivity contribution < 1.29 is 31.1 Å². The Kier molecular flexibility index (Phi) is 6.64. The van der Waals surface area contributed by atoms with Gasteiger partial charge in [0.05, 0.1) is 23.1 Å². The van der Waals surface area contributed by atoms with Crippen LogP contribution in [0.1, 0.15) is 28.8 Å². The highest BCUT2D eigenvalue weighted by Gasteiger charge is 2.25. The predicted octanol–water partition coefficient (Wildman–Crippen LogP) is 2.66. The van der Waals surface area contributed by atoms with Gasteiger partial charge in [-0.2, -0.15) is 0 Å². The summed E-state index contributed by atoms with van der Waals surface area (Å²) in [6, 6.07) is 6.26.